The molecule has 4 atom stereocenters. The fourth-order valence-electron chi connectivity index (χ4n) is 5.87. The summed E-state index contributed by atoms with van der Waals surface area (Å²) in [7, 11) is 0. The molecule has 1 heterocycles. The molecule has 0 N–H and O–H groups in total. The molecule has 142 valence electrons. The Bertz CT molecular complexity index is 1210. The summed E-state index contributed by atoms with van der Waals surface area (Å²) in [5.74, 6) is -0.857. The van der Waals surface area contributed by atoms with Crippen molar-refractivity contribution < 1.29 is 9.59 Å². The lowest BCUT2D eigenvalue weighted by Gasteiger charge is -2.46. The maximum absolute atomic E-state index is 13.7. The van der Waals surface area contributed by atoms with Crippen LogP contribution in [0.4, 0.5) is 5.69 Å². The predicted molar refractivity (Wildman–Crippen MR) is 112 cm³/mol. The highest BCUT2D eigenvalue weighted by Gasteiger charge is 2.61. The Kier molecular flexibility index (Phi) is 3.27. The largest absolute Gasteiger partial charge is 0.274 e. The Morgan fingerprint density at radius 1 is 0.621 bits per heavy atom. The van der Waals surface area contributed by atoms with Crippen molar-refractivity contribution in [2.45, 2.75) is 25.7 Å². The van der Waals surface area contributed by atoms with Gasteiger partial charge in [-0.15, -0.1) is 0 Å². The Morgan fingerprint density at radius 3 is 1.86 bits per heavy atom. The molecule has 3 aromatic rings. The quantitative estimate of drug-likeness (QED) is 0.575. The molecule has 1 aliphatic heterocycles. The number of hydrogen-bond acceptors (Lipinski definition) is 2. The van der Waals surface area contributed by atoms with Gasteiger partial charge in [-0.05, 0) is 53.8 Å². The lowest BCUT2D eigenvalue weighted by molar-refractivity contribution is -0.122. The van der Waals surface area contributed by atoms with Gasteiger partial charge in [0.05, 0.1) is 17.5 Å². The zero-order valence-electron chi connectivity index (χ0n) is 16.4. The highest BCUT2D eigenvalue weighted by Crippen LogP contribution is 2.61. The van der Waals surface area contributed by atoms with Crippen molar-refractivity contribution in [1.82, 2.24) is 0 Å². The first-order chi connectivity index (χ1) is 14.1. The van der Waals surface area contributed by atoms with Crippen molar-refractivity contribution >= 4 is 17.5 Å². The van der Waals surface area contributed by atoms with E-state index >= 15 is 0 Å². The van der Waals surface area contributed by atoms with Crippen LogP contribution in [0.5, 0.6) is 0 Å². The third kappa shape index (κ3) is 2.08. The van der Waals surface area contributed by atoms with Crippen LogP contribution in [0.1, 0.15) is 45.2 Å². The van der Waals surface area contributed by atoms with E-state index in [1.807, 2.05) is 43.3 Å². The van der Waals surface area contributed by atoms with Gasteiger partial charge in [0, 0.05) is 11.8 Å². The van der Waals surface area contributed by atoms with Gasteiger partial charge in [-0.25, -0.2) is 4.90 Å². The van der Waals surface area contributed by atoms with Crippen LogP contribution in [0.3, 0.4) is 0 Å². The van der Waals surface area contributed by atoms with E-state index in [9.17, 15) is 9.59 Å². The minimum Gasteiger partial charge on any atom is -0.274 e. The number of carbonyl (C=O) groups is 2. The number of carbonyl (C=O) groups excluding carboxylic acids is 2. The normalized spacial score (nSPS) is 26.3. The fourth-order valence-corrected chi connectivity index (χ4v) is 5.87. The molecule has 3 heteroatoms. The topological polar surface area (TPSA) is 37.4 Å². The molecule has 29 heavy (non-hydrogen) atoms. The van der Waals surface area contributed by atoms with Gasteiger partial charge in [-0.2, -0.15) is 0 Å². The first-order valence-corrected chi connectivity index (χ1v) is 10.2. The average Bonchev–Trinajstić information content (AvgIpc) is 2.99. The van der Waals surface area contributed by atoms with Crippen molar-refractivity contribution in [3.8, 4) is 0 Å². The average molecular weight is 379 g/mol. The molecule has 3 aromatic carbocycles. The Balaban J connectivity index is 1.58. The Morgan fingerprint density at radius 2 is 1.21 bits per heavy atom. The van der Waals surface area contributed by atoms with Crippen LogP contribution in [0.15, 0.2) is 66.7 Å². The van der Waals surface area contributed by atoms with Crippen LogP contribution in [0.2, 0.25) is 0 Å². The van der Waals surface area contributed by atoms with Gasteiger partial charge >= 0.3 is 0 Å². The summed E-state index contributed by atoms with van der Waals surface area (Å²) in [6, 6.07) is 22.6. The first-order valence-electron chi connectivity index (χ1n) is 10.2. The zero-order valence-corrected chi connectivity index (χ0v) is 16.4. The second-order valence-corrected chi connectivity index (χ2v) is 8.62. The molecule has 0 radical (unpaired) electrons. The van der Waals surface area contributed by atoms with Crippen LogP contribution in [0, 0.1) is 25.7 Å². The molecule has 0 spiro atoms. The zero-order chi connectivity index (χ0) is 19.9. The van der Waals surface area contributed by atoms with E-state index < -0.39 is 0 Å². The predicted octanol–water partition coefficient (Wildman–Crippen LogP) is 4.70. The summed E-state index contributed by atoms with van der Waals surface area (Å²) in [5, 5.41) is 0. The number of benzene rings is 3. The third-order valence-electron chi connectivity index (χ3n) is 6.95. The van der Waals surface area contributed by atoms with Crippen molar-refractivity contribution in [3.63, 3.8) is 0 Å². The number of rotatable bonds is 1. The summed E-state index contributed by atoms with van der Waals surface area (Å²) in [4.78, 5) is 28.8. The molecule has 0 unspecified atom stereocenters. The molecule has 1 saturated heterocycles. The van der Waals surface area contributed by atoms with Crippen LogP contribution < -0.4 is 4.90 Å². The minimum atomic E-state index is -0.322. The van der Waals surface area contributed by atoms with Crippen LogP contribution >= 0.6 is 0 Å². The standard InChI is InChI=1S/C26H21NO2/c1-14-6-5-7-16(12-14)27-25(28)23-21-17-8-3-4-9-18(17)22(24(23)26(27)29)20-13-15(2)10-11-19(20)21/h3-13,21-24H,1-2H3/t21-,22-,23+,24+/m1/s1. The van der Waals surface area contributed by atoms with Crippen LogP contribution in [-0.2, 0) is 9.59 Å². The number of imide groups is 1. The Hall–Kier alpha value is -3.20. The lowest BCUT2D eigenvalue weighted by Crippen LogP contribution is -2.41. The monoisotopic (exact) mass is 379 g/mol. The minimum absolute atomic E-state index is 0.0527. The molecule has 3 nitrogen and oxygen atoms in total. The second-order valence-electron chi connectivity index (χ2n) is 8.62. The second kappa shape index (κ2) is 5.66. The summed E-state index contributed by atoms with van der Waals surface area (Å²) in [5.41, 5.74) is 7.79. The molecule has 7 rings (SSSR count). The maximum atomic E-state index is 13.7. The van der Waals surface area contributed by atoms with Gasteiger partial charge in [0.1, 0.15) is 0 Å². The molecular weight excluding hydrogens is 358 g/mol. The van der Waals surface area contributed by atoms with Gasteiger partial charge in [0.25, 0.3) is 0 Å². The summed E-state index contributed by atoms with van der Waals surface area (Å²) in [6.45, 7) is 4.08. The summed E-state index contributed by atoms with van der Waals surface area (Å²) in [6.07, 6.45) is 0. The Labute approximate surface area is 170 Å². The van der Waals surface area contributed by atoms with Gasteiger partial charge in [-0.3, -0.25) is 9.59 Å². The van der Waals surface area contributed by atoms with Gasteiger partial charge in [0.2, 0.25) is 11.8 Å². The first kappa shape index (κ1) is 16.7. The molecule has 2 amide bonds. The SMILES string of the molecule is Cc1cccc(N2C(=O)[C@H]3[C@@H]4c5ccccc5[C@H](c5cc(C)ccc54)[C@@H]3C2=O)c1. The van der Waals surface area contributed by atoms with E-state index in [0.717, 1.165) is 5.56 Å². The third-order valence-corrected chi connectivity index (χ3v) is 6.95. The molecule has 0 saturated carbocycles. The highest BCUT2D eigenvalue weighted by molar-refractivity contribution is 6.23. The summed E-state index contributed by atoms with van der Waals surface area (Å²) < 4.78 is 0. The van der Waals surface area contributed by atoms with Crippen LogP contribution in [0.25, 0.3) is 0 Å². The van der Waals surface area contributed by atoms with E-state index in [1.54, 1.807) is 0 Å². The fraction of sp³-hybridized carbons (Fsp3) is 0.231. The number of nitrogens with zero attached hydrogens (tertiary/aromatic N) is 1. The highest BCUT2D eigenvalue weighted by atomic mass is 16.2. The van der Waals surface area contributed by atoms with E-state index in [-0.39, 0.29) is 35.5 Å². The number of anilines is 1. The smallest absolute Gasteiger partial charge is 0.238 e. The molecule has 1 fully saturated rings. The number of hydrogen-bond donors (Lipinski definition) is 0. The lowest BCUT2D eigenvalue weighted by atomic mass is 9.55. The maximum Gasteiger partial charge on any atom is 0.238 e. The van der Waals surface area contributed by atoms with E-state index in [2.05, 4.69) is 37.3 Å². The molecule has 2 bridgehead atoms. The van der Waals surface area contributed by atoms with E-state index in [4.69, 9.17) is 0 Å². The van der Waals surface area contributed by atoms with Gasteiger partial charge in [0.15, 0.2) is 0 Å². The van der Waals surface area contributed by atoms with Crippen molar-refractivity contribution in [1.29, 1.82) is 0 Å². The van der Waals surface area contributed by atoms with Crippen molar-refractivity contribution in [2.75, 3.05) is 4.90 Å². The van der Waals surface area contributed by atoms with Crippen LogP contribution in [-0.4, -0.2) is 11.8 Å². The van der Waals surface area contributed by atoms with Gasteiger partial charge in [-0.1, -0.05) is 60.2 Å². The number of aryl methyl sites for hydroxylation is 2. The van der Waals surface area contributed by atoms with Gasteiger partial charge < -0.3 is 0 Å². The van der Waals surface area contributed by atoms with Crippen molar-refractivity contribution in [3.05, 3.63) is 100 Å². The van der Waals surface area contributed by atoms with E-state index in [0.29, 0.717) is 5.69 Å². The number of amides is 2. The van der Waals surface area contributed by atoms with E-state index in [1.165, 1.54) is 32.7 Å². The molecule has 3 aliphatic carbocycles. The van der Waals surface area contributed by atoms with Crippen molar-refractivity contribution in [2.24, 2.45) is 11.8 Å². The summed E-state index contributed by atoms with van der Waals surface area (Å²) >= 11 is 0. The molecule has 4 aliphatic rings. The molecule has 0 aromatic heterocycles. The molecular formula is C26H21NO2.